The minimum absolute atomic E-state index is 0.0517. The second kappa shape index (κ2) is 8.57. The first-order valence-corrected chi connectivity index (χ1v) is 9.58. The lowest BCUT2D eigenvalue weighted by molar-refractivity contribution is -0.114. The molecule has 0 saturated heterocycles. The summed E-state index contributed by atoms with van der Waals surface area (Å²) in [6, 6.07) is 9.66. The molecule has 0 radical (unpaired) electrons. The number of H-pyrrole nitrogens is 1. The summed E-state index contributed by atoms with van der Waals surface area (Å²) in [5.41, 5.74) is 3.90. The van der Waals surface area contributed by atoms with Crippen LogP contribution in [0.4, 0.5) is 14.6 Å². The van der Waals surface area contributed by atoms with Crippen molar-refractivity contribution in [2.24, 2.45) is 0 Å². The summed E-state index contributed by atoms with van der Waals surface area (Å²) in [5, 5.41) is 12.1. The third-order valence-corrected chi connectivity index (χ3v) is 4.76. The molecule has 0 aliphatic carbocycles. The van der Waals surface area contributed by atoms with E-state index < -0.39 is 6.43 Å². The van der Waals surface area contributed by atoms with E-state index in [9.17, 15) is 18.7 Å². The van der Waals surface area contributed by atoms with Crippen LogP contribution in [0.15, 0.2) is 48.8 Å². The van der Waals surface area contributed by atoms with E-state index >= 15 is 0 Å². The monoisotopic (exact) mass is 423 g/mol. The SMILES string of the molecule is CC(=O)Nc1cc(-c2[nH]c3c(CCO)ccnc3c2-c2cccc(C(F)F)n2)ccn1. The lowest BCUT2D eigenvalue weighted by Gasteiger charge is -2.08. The van der Waals surface area contributed by atoms with E-state index in [0.29, 0.717) is 45.8 Å². The molecule has 1 amide bonds. The lowest BCUT2D eigenvalue weighted by Crippen LogP contribution is -2.07. The molecule has 3 N–H and O–H groups in total. The zero-order valence-electron chi connectivity index (χ0n) is 16.6. The summed E-state index contributed by atoms with van der Waals surface area (Å²) < 4.78 is 26.6. The topological polar surface area (TPSA) is 104 Å². The van der Waals surface area contributed by atoms with Gasteiger partial charge in [-0.2, -0.15) is 0 Å². The number of carbonyl (C=O) groups is 1. The number of hydrogen-bond donors (Lipinski definition) is 3. The van der Waals surface area contributed by atoms with E-state index in [0.717, 1.165) is 5.56 Å². The van der Waals surface area contributed by atoms with E-state index in [2.05, 4.69) is 25.3 Å². The van der Waals surface area contributed by atoms with Crippen LogP contribution in [0.2, 0.25) is 0 Å². The predicted molar refractivity (Wildman–Crippen MR) is 113 cm³/mol. The number of hydrogen-bond acceptors (Lipinski definition) is 5. The van der Waals surface area contributed by atoms with E-state index in [4.69, 9.17) is 0 Å². The molecule has 4 aromatic heterocycles. The molecule has 0 aromatic carbocycles. The molecule has 9 heteroatoms. The van der Waals surface area contributed by atoms with Crippen molar-refractivity contribution < 1.29 is 18.7 Å². The standard InChI is InChI=1S/C22H19F2N5O2/c1-12(31)27-17-11-14(6-8-25-17)19-18(15-3-2-4-16(28-15)22(23)24)21-20(29-19)13(7-10-30)5-9-26-21/h2-6,8-9,11,22,29-30H,7,10H2,1H3,(H,25,27,31). The lowest BCUT2D eigenvalue weighted by atomic mass is 10.0. The zero-order chi connectivity index (χ0) is 22.0. The third-order valence-electron chi connectivity index (χ3n) is 4.76. The van der Waals surface area contributed by atoms with Crippen molar-refractivity contribution in [1.29, 1.82) is 0 Å². The number of amides is 1. The maximum Gasteiger partial charge on any atom is 0.280 e. The highest BCUT2D eigenvalue weighted by atomic mass is 19.3. The number of carbonyl (C=O) groups excluding carboxylic acids is 1. The Hall–Kier alpha value is -3.72. The Labute approximate surface area is 176 Å². The second-order valence-corrected chi connectivity index (χ2v) is 6.90. The fraction of sp³-hybridized carbons (Fsp3) is 0.182. The Bertz CT molecular complexity index is 1260. The number of nitrogens with zero attached hydrogens (tertiary/aromatic N) is 3. The molecular weight excluding hydrogens is 404 g/mol. The number of fused-ring (bicyclic) bond motifs is 1. The molecule has 7 nitrogen and oxygen atoms in total. The number of aromatic amines is 1. The number of anilines is 1. The number of alkyl halides is 2. The molecule has 4 aromatic rings. The van der Waals surface area contributed by atoms with Crippen molar-refractivity contribution in [2.45, 2.75) is 19.8 Å². The maximum absolute atomic E-state index is 13.3. The van der Waals surface area contributed by atoms with Crippen molar-refractivity contribution in [3.8, 4) is 22.5 Å². The van der Waals surface area contributed by atoms with Gasteiger partial charge in [0.15, 0.2) is 0 Å². The summed E-state index contributed by atoms with van der Waals surface area (Å²) in [6.07, 6.45) is 0.844. The van der Waals surface area contributed by atoms with Gasteiger partial charge in [-0.25, -0.2) is 18.7 Å². The van der Waals surface area contributed by atoms with Crippen LogP contribution in [0.1, 0.15) is 24.6 Å². The highest BCUT2D eigenvalue weighted by Crippen LogP contribution is 2.38. The number of aliphatic hydroxyl groups is 1. The van der Waals surface area contributed by atoms with Crippen molar-refractivity contribution in [2.75, 3.05) is 11.9 Å². The maximum atomic E-state index is 13.3. The van der Waals surface area contributed by atoms with Gasteiger partial charge in [-0.05, 0) is 42.3 Å². The van der Waals surface area contributed by atoms with Gasteiger partial charge in [-0.3, -0.25) is 9.78 Å². The Kier molecular flexibility index (Phi) is 5.68. The molecular formula is C22H19F2N5O2. The molecule has 31 heavy (non-hydrogen) atoms. The van der Waals surface area contributed by atoms with Crippen molar-refractivity contribution in [3.63, 3.8) is 0 Å². The fourth-order valence-corrected chi connectivity index (χ4v) is 3.48. The first kappa shape index (κ1) is 20.5. The van der Waals surface area contributed by atoms with Gasteiger partial charge in [-0.1, -0.05) is 6.07 Å². The Morgan fingerprint density at radius 2 is 2.00 bits per heavy atom. The summed E-state index contributed by atoms with van der Waals surface area (Å²) in [6.45, 7) is 1.33. The van der Waals surface area contributed by atoms with E-state index in [-0.39, 0.29) is 18.2 Å². The molecule has 4 heterocycles. The fourth-order valence-electron chi connectivity index (χ4n) is 3.48. The molecule has 0 aliphatic rings. The summed E-state index contributed by atoms with van der Waals surface area (Å²) in [5.74, 6) is 0.0900. The van der Waals surface area contributed by atoms with Crippen LogP contribution < -0.4 is 5.32 Å². The van der Waals surface area contributed by atoms with Crippen LogP contribution in [0.3, 0.4) is 0 Å². The number of rotatable bonds is 6. The first-order chi connectivity index (χ1) is 15.0. The normalized spacial score (nSPS) is 11.3. The number of aliphatic hydroxyl groups excluding tert-OH is 1. The van der Waals surface area contributed by atoms with Crippen LogP contribution >= 0.6 is 0 Å². The van der Waals surface area contributed by atoms with Gasteiger partial charge in [-0.15, -0.1) is 0 Å². The molecule has 0 atom stereocenters. The average molecular weight is 423 g/mol. The van der Waals surface area contributed by atoms with E-state index in [1.165, 1.54) is 19.1 Å². The number of nitrogens with one attached hydrogen (secondary N) is 2. The van der Waals surface area contributed by atoms with Gasteiger partial charge in [0.2, 0.25) is 5.91 Å². The third kappa shape index (κ3) is 4.13. The minimum Gasteiger partial charge on any atom is -0.396 e. The number of pyridine rings is 3. The van der Waals surface area contributed by atoms with Gasteiger partial charge in [0, 0.05) is 31.5 Å². The molecule has 158 valence electrons. The highest BCUT2D eigenvalue weighted by Gasteiger charge is 2.21. The molecule has 0 spiro atoms. The van der Waals surface area contributed by atoms with Crippen LogP contribution in [-0.2, 0) is 11.2 Å². The minimum atomic E-state index is -2.71. The molecule has 0 bridgehead atoms. The molecule has 4 rings (SSSR count). The first-order valence-electron chi connectivity index (χ1n) is 9.58. The molecule has 0 aliphatic heterocycles. The smallest absolute Gasteiger partial charge is 0.280 e. The highest BCUT2D eigenvalue weighted by molar-refractivity contribution is 6.02. The molecule has 0 saturated carbocycles. The van der Waals surface area contributed by atoms with Crippen molar-refractivity contribution in [3.05, 3.63) is 60.0 Å². The largest absolute Gasteiger partial charge is 0.396 e. The van der Waals surface area contributed by atoms with Crippen LogP contribution in [-0.4, -0.2) is 37.6 Å². The van der Waals surface area contributed by atoms with Crippen molar-refractivity contribution >= 4 is 22.8 Å². The van der Waals surface area contributed by atoms with Gasteiger partial charge >= 0.3 is 0 Å². The summed E-state index contributed by atoms with van der Waals surface area (Å²) >= 11 is 0. The zero-order valence-corrected chi connectivity index (χ0v) is 16.6. The van der Waals surface area contributed by atoms with Gasteiger partial charge in [0.1, 0.15) is 11.5 Å². The van der Waals surface area contributed by atoms with Gasteiger partial charge in [0.05, 0.1) is 28.0 Å². The van der Waals surface area contributed by atoms with Crippen LogP contribution in [0, 0.1) is 0 Å². The van der Waals surface area contributed by atoms with Crippen LogP contribution in [0.25, 0.3) is 33.5 Å². The van der Waals surface area contributed by atoms with E-state index in [1.807, 2.05) is 0 Å². The van der Waals surface area contributed by atoms with E-state index in [1.54, 1.807) is 36.7 Å². The Morgan fingerprint density at radius 1 is 1.19 bits per heavy atom. The summed E-state index contributed by atoms with van der Waals surface area (Å²) in [7, 11) is 0. The Morgan fingerprint density at radius 3 is 2.74 bits per heavy atom. The van der Waals surface area contributed by atoms with Gasteiger partial charge < -0.3 is 15.4 Å². The summed E-state index contributed by atoms with van der Waals surface area (Å²) in [4.78, 5) is 27.5. The predicted octanol–water partition coefficient (Wildman–Crippen LogP) is 4.12. The van der Waals surface area contributed by atoms with Crippen molar-refractivity contribution in [1.82, 2.24) is 19.9 Å². The molecule has 0 unspecified atom stereocenters. The number of aromatic nitrogens is 4. The second-order valence-electron chi connectivity index (χ2n) is 6.90. The number of halogens is 2. The van der Waals surface area contributed by atoms with Gasteiger partial charge in [0.25, 0.3) is 6.43 Å². The quantitative estimate of drug-likeness (QED) is 0.433. The van der Waals surface area contributed by atoms with Crippen LogP contribution in [0.5, 0.6) is 0 Å². The molecule has 0 fully saturated rings. The Balaban J connectivity index is 1.98. The average Bonchev–Trinajstić information content (AvgIpc) is 3.14.